The lowest BCUT2D eigenvalue weighted by atomic mass is 9.93. The van der Waals surface area contributed by atoms with Gasteiger partial charge in [-0.05, 0) is 54.0 Å². The molecule has 0 radical (unpaired) electrons. The number of nitrogens with two attached hydrogens (primary N) is 1. The van der Waals surface area contributed by atoms with Gasteiger partial charge in [0.15, 0.2) is 5.82 Å². The van der Waals surface area contributed by atoms with E-state index in [0.717, 1.165) is 29.5 Å². The highest BCUT2D eigenvalue weighted by atomic mass is 19.1. The first-order valence-corrected chi connectivity index (χ1v) is 13.5. The molecule has 0 bridgehead atoms. The number of rotatable bonds is 7. The number of carbonyl (C=O) groups is 1. The fraction of sp³-hybridized carbons (Fsp3) is 0.345. The lowest BCUT2D eigenvalue weighted by molar-refractivity contribution is -0.0286. The molecule has 1 saturated heterocycles. The van der Waals surface area contributed by atoms with Crippen LogP contribution < -0.4 is 10.6 Å². The van der Waals surface area contributed by atoms with Gasteiger partial charge in [-0.2, -0.15) is 15.1 Å². The number of fused-ring (bicyclic) bond motifs is 1. The number of nitrogen functional groups attached to an aromatic ring is 1. The highest BCUT2D eigenvalue weighted by Crippen LogP contribution is 2.42. The fourth-order valence-electron chi connectivity index (χ4n) is 5.54. The molecule has 40 heavy (non-hydrogen) atoms. The van der Waals surface area contributed by atoms with Crippen molar-refractivity contribution in [1.82, 2.24) is 24.7 Å². The zero-order chi connectivity index (χ0) is 27.4. The Hall–Kier alpha value is -4.22. The van der Waals surface area contributed by atoms with Crippen molar-refractivity contribution < 1.29 is 19.0 Å². The van der Waals surface area contributed by atoms with Gasteiger partial charge in [-0.15, -0.1) is 0 Å². The van der Waals surface area contributed by atoms with E-state index in [2.05, 4.69) is 20.1 Å². The van der Waals surface area contributed by atoms with E-state index in [-0.39, 0.29) is 24.2 Å². The molecule has 2 aliphatic heterocycles. The SMILES string of the molecule is Nc1nc(Cc2cnn(C3COC3)c2)nc(-c2cccc(N3CCc4cc(C5CC5)cc(F)c4C3=O)c2CO)n1. The number of anilines is 2. The molecule has 4 heterocycles. The molecular weight excluding hydrogens is 513 g/mol. The molecule has 2 aromatic heterocycles. The van der Waals surface area contributed by atoms with Crippen molar-refractivity contribution in [2.75, 3.05) is 30.4 Å². The molecule has 10 nitrogen and oxygen atoms in total. The maximum atomic E-state index is 15.2. The van der Waals surface area contributed by atoms with Gasteiger partial charge in [-0.25, -0.2) is 9.37 Å². The van der Waals surface area contributed by atoms with Crippen molar-refractivity contribution in [3.05, 3.63) is 82.2 Å². The quantitative estimate of drug-likeness (QED) is 0.365. The van der Waals surface area contributed by atoms with E-state index >= 15 is 4.39 Å². The number of aliphatic hydroxyl groups excluding tert-OH is 1. The molecule has 204 valence electrons. The Balaban J connectivity index is 1.21. The molecule has 11 heteroatoms. The van der Waals surface area contributed by atoms with Crippen LogP contribution >= 0.6 is 0 Å². The molecule has 7 rings (SSSR count). The Kier molecular flexibility index (Phi) is 6.05. The molecule has 0 atom stereocenters. The van der Waals surface area contributed by atoms with Crippen molar-refractivity contribution >= 4 is 17.5 Å². The average Bonchev–Trinajstić information content (AvgIpc) is 3.67. The normalized spacial score (nSPS) is 17.1. The lowest BCUT2D eigenvalue weighted by Crippen LogP contribution is -2.39. The average molecular weight is 542 g/mol. The van der Waals surface area contributed by atoms with Gasteiger partial charge in [0.05, 0.1) is 43.3 Å². The summed E-state index contributed by atoms with van der Waals surface area (Å²) in [5.74, 6) is 0.287. The van der Waals surface area contributed by atoms with Crippen LogP contribution in [0.2, 0.25) is 0 Å². The Morgan fingerprint density at radius 2 is 2.00 bits per heavy atom. The third kappa shape index (κ3) is 4.40. The third-order valence-corrected chi connectivity index (χ3v) is 7.86. The number of nitrogens with zero attached hydrogens (tertiary/aromatic N) is 6. The maximum absolute atomic E-state index is 15.2. The zero-order valence-corrected chi connectivity index (χ0v) is 21.8. The first kappa shape index (κ1) is 24.8. The van der Waals surface area contributed by atoms with E-state index < -0.39 is 11.7 Å². The largest absolute Gasteiger partial charge is 0.392 e. The number of carbonyl (C=O) groups excluding carboxylic acids is 1. The summed E-state index contributed by atoms with van der Waals surface area (Å²) in [6.45, 7) is 1.28. The Labute approximate surface area is 229 Å². The second kappa shape index (κ2) is 9.76. The number of hydrogen-bond donors (Lipinski definition) is 2. The minimum atomic E-state index is -0.487. The van der Waals surface area contributed by atoms with Crippen molar-refractivity contribution in [2.45, 2.75) is 44.2 Å². The van der Waals surface area contributed by atoms with Crippen molar-refractivity contribution in [2.24, 2.45) is 0 Å². The Morgan fingerprint density at radius 1 is 1.15 bits per heavy atom. The van der Waals surface area contributed by atoms with Crippen molar-refractivity contribution in [1.29, 1.82) is 0 Å². The highest BCUT2D eigenvalue weighted by Gasteiger charge is 2.33. The van der Waals surface area contributed by atoms with Gasteiger partial charge in [0.1, 0.15) is 11.6 Å². The zero-order valence-electron chi connectivity index (χ0n) is 21.8. The van der Waals surface area contributed by atoms with Crippen LogP contribution in [0.25, 0.3) is 11.4 Å². The predicted octanol–water partition coefficient (Wildman–Crippen LogP) is 3.19. The van der Waals surface area contributed by atoms with Gasteiger partial charge in [-0.3, -0.25) is 9.48 Å². The fourth-order valence-corrected chi connectivity index (χ4v) is 5.54. The molecular formula is C29H28FN7O3. The third-order valence-electron chi connectivity index (χ3n) is 7.86. The summed E-state index contributed by atoms with van der Waals surface area (Å²) in [4.78, 5) is 28.4. The first-order chi connectivity index (χ1) is 19.5. The van der Waals surface area contributed by atoms with Gasteiger partial charge in [0.2, 0.25) is 5.95 Å². The second-order valence-electron chi connectivity index (χ2n) is 10.6. The second-order valence-corrected chi connectivity index (χ2v) is 10.6. The summed E-state index contributed by atoms with van der Waals surface area (Å²) < 4.78 is 22.3. The summed E-state index contributed by atoms with van der Waals surface area (Å²) in [5.41, 5.74) is 10.3. The predicted molar refractivity (Wildman–Crippen MR) is 144 cm³/mol. The smallest absolute Gasteiger partial charge is 0.261 e. The summed E-state index contributed by atoms with van der Waals surface area (Å²) in [7, 11) is 0. The van der Waals surface area contributed by atoms with Crippen LogP contribution in [0.1, 0.15) is 63.2 Å². The van der Waals surface area contributed by atoms with E-state index in [1.54, 1.807) is 24.4 Å². The van der Waals surface area contributed by atoms with Gasteiger partial charge >= 0.3 is 0 Å². The van der Waals surface area contributed by atoms with Crippen LogP contribution in [-0.4, -0.2) is 55.5 Å². The van der Waals surface area contributed by atoms with Crippen molar-refractivity contribution in [3.63, 3.8) is 0 Å². The first-order valence-electron chi connectivity index (χ1n) is 13.5. The summed E-state index contributed by atoms with van der Waals surface area (Å²) in [6, 6.07) is 9.00. The van der Waals surface area contributed by atoms with Crippen LogP contribution in [0.15, 0.2) is 42.7 Å². The Bertz CT molecular complexity index is 1630. The van der Waals surface area contributed by atoms with Crippen LogP contribution in [0.5, 0.6) is 0 Å². The molecule has 3 N–H and O–H groups in total. The van der Waals surface area contributed by atoms with Gasteiger partial charge in [0.25, 0.3) is 5.91 Å². The minimum Gasteiger partial charge on any atom is -0.392 e. The number of aromatic nitrogens is 5. The summed E-state index contributed by atoms with van der Waals surface area (Å²) in [6.07, 6.45) is 6.76. The lowest BCUT2D eigenvalue weighted by Gasteiger charge is -2.31. The number of ether oxygens (including phenoxy) is 1. The molecule has 3 aliphatic rings. The number of benzene rings is 2. The number of aliphatic hydroxyl groups is 1. The number of amides is 1. The van der Waals surface area contributed by atoms with Crippen LogP contribution in [0.3, 0.4) is 0 Å². The van der Waals surface area contributed by atoms with Gasteiger partial charge in [-0.1, -0.05) is 18.2 Å². The van der Waals surface area contributed by atoms with Gasteiger partial charge in [0, 0.05) is 30.3 Å². The molecule has 0 unspecified atom stereocenters. The molecule has 1 aliphatic carbocycles. The topological polar surface area (TPSA) is 132 Å². The van der Waals surface area contributed by atoms with Crippen molar-refractivity contribution in [3.8, 4) is 11.4 Å². The van der Waals surface area contributed by atoms with E-state index in [0.29, 0.717) is 67.0 Å². The van der Waals surface area contributed by atoms with E-state index in [1.165, 1.54) is 11.0 Å². The monoisotopic (exact) mass is 541 g/mol. The van der Waals surface area contributed by atoms with Crippen LogP contribution in [0, 0.1) is 5.82 Å². The van der Waals surface area contributed by atoms with E-state index in [9.17, 15) is 9.90 Å². The number of hydrogen-bond acceptors (Lipinski definition) is 8. The van der Waals surface area contributed by atoms with Crippen LogP contribution in [0.4, 0.5) is 16.0 Å². The molecule has 4 aromatic rings. The molecule has 0 spiro atoms. The standard InChI is InChI=1S/C29H28FN7O3/c30-23-10-19(17-4-5-17)9-18-6-7-36(28(39)26(18)23)24-3-1-2-21(22(24)13-38)27-33-25(34-29(31)35-27)8-16-11-32-37(12-16)20-14-40-15-20/h1-3,9-12,17,20,38H,4-8,13-15H2,(H2,31,33,34,35). The van der Waals surface area contributed by atoms with E-state index in [4.69, 9.17) is 10.5 Å². The minimum absolute atomic E-state index is 0.0468. The number of halogens is 1. The summed E-state index contributed by atoms with van der Waals surface area (Å²) >= 11 is 0. The summed E-state index contributed by atoms with van der Waals surface area (Å²) in [5, 5.41) is 14.9. The molecule has 1 amide bonds. The maximum Gasteiger partial charge on any atom is 0.261 e. The van der Waals surface area contributed by atoms with Gasteiger partial charge < -0.3 is 20.5 Å². The molecule has 1 saturated carbocycles. The van der Waals surface area contributed by atoms with Crippen LogP contribution in [-0.2, 0) is 24.2 Å². The van der Waals surface area contributed by atoms with E-state index in [1.807, 2.05) is 16.9 Å². The molecule has 2 aromatic carbocycles. The Morgan fingerprint density at radius 3 is 2.75 bits per heavy atom. The highest BCUT2D eigenvalue weighted by molar-refractivity contribution is 6.09. The molecule has 2 fully saturated rings.